The zero-order valence-electron chi connectivity index (χ0n) is 15.5. The van der Waals surface area contributed by atoms with Crippen LogP contribution in [0.25, 0.3) is 10.8 Å². The molecule has 1 amide bonds. The van der Waals surface area contributed by atoms with E-state index in [1.807, 2.05) is 13.8 Å². The molecule has 2 aromatic rings. The average Bonchev–Trinajstić information content (AvgIpc) is 2.63. The number of nitrogens with one attached hydrogen (secondary N) is 3. The maximum atomic E-state index is 11.6. The number of hydrogen-bond donors (Lipinski definition) is 3. The Morgan fingerprint density at radius 3 is 2.40 bits per heavy atom. The fourth-order valence-corrected chi connectivity index (χ4v) is 2.68. The van der Waals surface area contributed by atoms with Crippen LogP contribution in [0.4, 0.5) is 0 Å². The van der Waals surface area contributed by atoms with Gasteiger partial charge in [-0.3, -0.25) is 9.79 Å². The van der Waals surface area contributed by atoms with E-state index in [1.165, 1.54) is 16.3 Å². The van der Waals surface area contributed by atoms with Gasteiger partial charge in [0.05, 0.1) is 6.04 Å². The van der Waals surface area contributed by atoms with Crippen LogP contribution in [0.3, 0.4) is 0 Å². The van der Waals surface area contributed by atoms with Gasteiger partial charge in [-0.1, -0.05) is 56.3 Å². The van der Waals surface area contributed by atoms with E-state index in [1.54, 1.807) is 7.05 Å². The van der Waals surface area contributed by atoms with Crippen LogP contribution in [0.2, 0.25) is 0 Å². The predicted molar refractivity (Wildman–Crippen MR) is 105 cm³/mol. The van der Waals surface area contributed by atoms with Crippen LogP contribution in [0.15, 0.2) is 47.5 Å². The van der Waals surface area contributed by atoms with Crippen molar-refractivity contribution in [2.24, 2.45) is 10.9 Å². The van der Waals surface area contributed by atoms with Crippen molar-refractivity contribution in [3.05, 3.63) is 48.0 Å². The first-order chi connectivity index (χ1) is 12.0. The van der Waals surface area contributed by atoms with E-state index >= 15 is 0 Å². The zero-order valence-corrected chi connectivity index (χ0v) is 15.5. The summed E-state index contributed by atoms with van der Waals surface area (Å²) in [5, 5.41) is 12.0. The lowest BCUT2D eigenvalue weighted by Crippen LogP contribution is -2.42. The molecule has 3 N–H and O–H groups in total. The first-order valence-electron chi connectivity index (χ1n) is 8.75. The normalized spacial score (nSPS) is 12.9. The molecule has 0 bridgehead atoms. The summed E-state index contributed by atoms with van der Waals surface area (Å²) < 4.78 is 0. The lowest BCUT2D eigenvalue weighted by molar-refractivity contribution is -0.123. The average molecular weight is 340 g/mol. The van der Waals surface area contributed by atoms with Crippen molar-refractivity contribution in [2.45, 2.75) is 26.8 Å². The fourth-order valence-electron chi connectivity index (χ4n) is 2.68. The van der Waals surface area contributed by atoms with E-state index in [2.05, 4.69) is 70.3 Å². The Labute approximate surface area is 149 Å². The maximum absolute atomic E-state index is 11.6. The van der Waals surface area contributed by atoms with Gasteiger partial charge in [-0.2, -0.15) is 0 Å². The summed E-state index contributed by atoms with van der Waals surface area (Å²) in [5.74, 6) is 0.789. The molecular weight excluding hydrogens is 312 g/mol. The van der Waals surface area contributed by atoms with Gasteiger partial charge >= 0.3 is 0 Å². The molecule has 0 aliphatic carbocycles. The molecule has 0 spiro atoms. The van der Waals surface area contributed by atoms with Crippen molar-refractivity contribution >= 4 is 22.6 Å². The van der Waals surface area contributed by atoms with Crippen molar-refractivity contribution in [3.8, 4) is 0 Å². The minimum absolute atomic E-state index is 0.00354. The molecule has 5 nitrogen and oxygen atoms in total. The van der Waals surface area contributed by atoms with E-state index < -0.39 is 0 Å². The topological polar surface area (TPSA) is 65.5 Å². The number of benzene rings is 2. The van der Waals surface area contributed by atoms with Crippen LogP contribution in [-0.4, -0.2) is 32.0 Å². The van der Waals surface area contributed by atoms with Crippen molar-refractivity contribution in [3.63, 3.8) is 0 Å². The monoisotopic (exact) mass is 340 g/mol. The molecule has 0 aliphatic rings. The Morgan fingerprint density at radius 2 is 1.68 bits per heavy atom. The van der Waals surface area contributed by atoms with Gasteiger partial charge in [0.25, 0.3) is 0 Å². The second kappa shape index (κ2) is 9.06. The summed E-state index contributed by atoms with van der Waals surface area (Å²) in [7, 11) is 1.75. The van der Waals surface area contributed by atoms with E-state index in [0.29, 0.717) is 13.1 Å². The molecule has 2 rings (SSSR count). The second-order valence-corrected chi connectivity index (χ2v) is 6.38. The Balaban J connectivity index is 1.93. The van der Waals surface area contributed by atoms with Crippen LogP contribution in [-0.2, 0) is 4.79 Å². The van der Waals surface area contributed by atoms with E-state index in [4.69, 9.17) is 0 Å². The molecule has 2 aromatic carbocycles. The molecule has 0 saturated heterocycles. The first-order valence-corrected chi connectivity index (χ1v) is 8.75. The van der Waals surface area contributed by atoms with Gasteiger partial charge in [-0.15, -0.1) is 0 Å². The Kier molecular flexibility index (Phi) is 6.81. The quantitative estimate of drug-likeness (QED) is 0.430. The fraction of sp³-hybridized carbons (Fsp3) is 0.400. The van der Waals surface area contributed by atoms with Crippen molar-refractivity contribution in [1.82, 2.24) is 16.0 Å². The summed E-state index contributed by atoms with van der Waals surface area (Å²) in [6.07, 6.45) is 0. The summed E-state index contributed by atoms with van der Waals surface area (Å²) >= 11 is 0. The molecule has 0 radical (unpaired) electrons. The highest BCUT2D eigenvalue weighted by molar-refractivity contribution is 5.87. The van der Waals surface area contributed by atoms with Crippen LogP contribution in [0.1, 0.15) is 32.4 Å². The number of carbonyl (C=O) groups is 1. The summed E-state index contributed by atoms with van der Waals surface area (Å²) in [4.78, 5) is 15.8. The van der Waals surface area contributed by atoms with Gasteiger partial charge in [0, 0.05) is 26.1 Å². The number of rotatable bonds is 6. The lowest BCUT2D eigenvalue weighted by atomic mass is 10.00. The number of nitrogens with zero attached hydrogens (tertiary/aromatic N) is 1. The third-order valence-corrected chi connectivity index (χ3v) is 4.11. The molecule has 0 heterocycles. The minimum Gasteiger partial charge on any atom is -0.355 e. The number of hydrogen-bond acceptors (Lipinski definition) is 2. The largest absolute Gasteiger partial charge is 0.355 e. The van der Waals surface area contributed by atoms with Crippen molar-refractivity contribution in [1.29, 1.82) is 0 Å². The lowest BCUT2D eigenvalue weighted by Gasteiger charge is -2.20. The number of amides is 1. The molecule has 25 heavy (non-hydrogen) atoms. The van der Waals surface area contributed by atoms with Gasteiger partial charge in [-0.05, 0) is 23.3 Å². The van der Waals surface area contributed by atoms with Gasteiger partial charge in [-0.25, -0.2) is 0 Å². The molecule has 134 valence electrons. The first kappa shape index (κ1) is 18.8. The van der Waals surface area contributed by atoms with Crippen LogP contribution in [0.5, 0.6) is 0 Å². The third kappa shape index (κ3) is 5.21. The molecule has 0 fully saturated rings. The molecule has 1 atom stereocenters. The molecular formula is C20H28N4O. The molecule has 0 aromatic heterocycles. The highest BCUT2D eigenvalue weighted by atomic mass is 16.1. The van der Waals surface area contributed by atoms with Gasteiger partial charge < -0.3 is 16.0 Å². The minimum atomic E-state index is 0.00354. The Morgan fingerprint density at radius 1 is 1.00 bits per heavy atom. The Hall–Kier alpha value is -2.56. The second-order valence-electron chi connectivity index (χ2n) is 6.38. The number of aliphatic imine (C=N–C) groups is 1. The van der Waals surface area contributed by atoms with Gasteiger partial charge in [0.1, 0.15) is 0 Å². The van der Waals surface area contributed by atoms with Gasteiger partial charge in [0.2, 0.25) is 5.91 Å². The standard InChI is InChI=1S/C20H28N4O/c1-14(2)19(25)22-12-13-23-20(21-4)24-15(3)17-11-7-9-16-8-5-6-10-18(16)17/h5-11,14-15H,12-13H2,1-4H3,(H,22,25)(H2,21,23,24). The molecule has 1 unspecified atom stereocenters. The van der Waals surface area contributed by atoms with Crippen LogP contribution >= 0.6 is 0 Å². The zero-order chi connectivity index (χ0) is 18.2. The van der Waals surface area contributed by atoms with Crippen LogP contribution < -0.4 is 16.0 Å². The SMILES string of the molecule is CN=C(NCCNC(=O)C(C)C)NC(C)c1cccc2ccccc12. The maximum Gasteiger partial charge on any atom is 0.222 e. The third-order valence-electron chi connectivity index (χ3n) is 4.11. The summed E-state index contributed by atoms with van der Waals surface area (Å²) in [6, 6.07) is 14.8. The highest BCUT2D eigenvalue weighted by Gasteiger charge is 2.11. The number of fused-ring (bicyclic) bond motifs is 1. The molecule has 0 saturated carbocycles. The van der Waals surface area contributed by atoms with Gasteiger partial charge in [0.15, 0.2) is 5.96 Å². The Bertz CT molecular complexity index is 734. The van der Waals surface area contributed by atoms with Crippen molar-refractivity contribution in [2.75, 3.05) is 20.1 Å². The van der Waals surface area contributed by atoms with Crippen molar-refractivity contribution < 1.29 is 4.79 Å². The summed E-state index contributed by atoms with van der Waals surface area (Å²) in [5.41, 5.74) is 1.23. The summed E-state index contributed by atoms with van der Waals surface area (Å²) in [6.45, 7) is 7.08. The molecule has 0 aliphatic heterocycles. The molecule has 5 heteroatoms. The predicted octanol–water partition coefficient (Wildman–Crippen LogP) is 2.84. The number of guanidine groups is 1. The van der Waals surface area contributed by atoms with E-state index in [9.17, 15) is 4.79 Å². The van der Waals surface area contributed by atoms with E-state index in [-0.39, 0.29) is 17.9 Å². The van der Waals surface area contributed by atoms with E-state index in [0.717, 1.165) is 5.96 Å². The number of carbonyl (C=O) groups excluding carboxylic acids is 1. The smallest absolute Gasteiger partial charge is 0.222 e. The highest BCUT2D eigenvalue weighted by Crippen LogP contribution is 2.23. The van der Waals surface area contributed by atoms with Crippen LogP contribution in [0, 0.1) is 5.92 Å².